The van der Waals surface area contributed by atoms with Crippen molar-refractivity contribution in [1.29, 1.82) is 0 Å². The Morgan fingerprint density at radius 2 is 2.04 bits per heavy atom. The SMILES string of the molecule is COCO[C@@H](c1ccccc1I)[C@@H](OC(=O)NC1CC1)C(C)C. The third-order valence-corrected chi connectivity index (χ3v) is 4.66. The van der Waals surface area contributed by atoms with Crippen molar-refractivity contribution in [2.75, 3.05) is 13.9 Å². The molecule has 1 saturated carbocycles. The summed E-state index contributed by atoms with van der Waals surface area (Å²) < 4.78 is 17.7. The van der Waals surface area contributed by atoms with Crippen LogP contribution in [0.3, 0.4) is 0 Å². The third-order valence-electron chi connectivity index (χ3n) is 3.68. The number of benzene rings is 1. The molecule has 2 atom stereocenters. The molecule has 0 unspecified atom stereocenters. The number of nitrogens with one attached hydrogen (secondary N) is 1. The summed E-state index contributed by atoms with van der Waals surface area (Å²) in [6.45, 7) is 4.19. The summed E-state index contributed by atoms with van der Waals surface area (Å²) in [6, 6.07) is 8.22. The van der Waals surface area contributed by atoms with Gasteiger partial charge in [0.1, 0.15) is 19.0 Å². The molecule has 5 nitrogen and oxygen atoms in total. The maximum atomic E-state index is 12.1. The Morgan fingerprint density at radius 3 is 2.61 bits per heavy atom. The van der Waals surface area contributed by atoms with Crippen LogP contribution < -0.4 is 5.32 Å². The van der Waals surface area contributed by atoms with Gasteiger partial charge in [-0.2, -0.15) is 0 Å². The summed E-state index contributed by atoms with van der Waals surface area (Å²) in [5, 5.41) is 2.87. The van der Waals surface area contributed by atoms with E-state index in [1.54, 1.807) is 7.11 Å². The van der Waals surface area contributed by atoms with E-state index in [0.717, 1.165) is 22.0 Å². The third kappa shape index (κ3) is 5.61. The molecule has 0 radical (unpaired) electrons. The molecule has 1 N–H and O–H groups in total. The van der Waals surface area contributed by atoms with Crippen LogP contribution in [0, 0.1) is 9.49 Å². The lowest BCUT2D eigenvalue weighted by atomic mass is 9.96. The van der Waals surface area contributed by atoms with Crippen LogP contribution in [0.4, 0.5) is 4.79 Å². The fourth-order valence-electron chi connectivity index (χ4n) is 2.31. The number of alkyl carbamates (subject to hydrolysis) is 1. The molecule has 0 aliphatic heterocycles. The highest BCUT2D eigenvalue weighted by molar-refractivity contribution is 14.1. The van der Waals surface area contributed by atoms with Gasteiger partial charge in [-0.15, -0.1) is 0 Å². The summed E-state index contributed by atoms with van der Waals surface area (Å²) in [6.07, 6.45) is 0.930. The minimum Gasteiger partial charge on any atom is -0.443 e. The molecule has 0 bridgehead atoms. The van der Waals surface area contributed by atoms with Gasteiger partial charge in [0.25, 0.3) is 0 Å². The van der Waals surface area contributed by atoms with E-state index in [2.05, 4.69) is 27.9 Å². The fraction of sp³-hybridized carbons (Fsp3) is 0.588. The molecule has 0 saturated heterocycles. The number of ether oxygens (including phenoxy) is 3. The van der Waals surface area contributed by atoms with Crippen molar-refractivity contribution in [3.63, 3.8) is 0 Å². The van der Waals surface area contributed by atoms with Gasteiger partial charge in [0.2, 0.25) is 0 Å². The molecule has 1 aliphatic rings. The van der Waals surface area contributed by atoms with Crippen molar-refractivity contribution in [1.82, 2.24) is 5.32 Å². The van der Waals surface area contributed by atoms with E-state index in [1.165, 1.54) is 0 Å². The average Bonchev–Trinajstić information content (AvgIpc) is 3.31. The Balaban J connectivity index is 2.17. The molecule has 1 aromatic rings. The molecule has 0 heterocycles. The van der Waals surface area contributed by atoms with Gasteiger partial charge in [0, 0.05) is 16.7 Å². The highest BCUT2D eigenvalue weighted by Crippen LogP contribution is 2.32. The zero-order valence-corrected chi connectivity index (χ0v) is 15.9. The number of rotatable bonds is 8. The highest BCUT2D eigenvalue weighted by Gasteiger charge is 2.33. The van der Waals surface area contributed by atoms with Gasteiger partial charge in [-0.25, -0.2) is 4.79 Å². The molecule has 0 aromatic heterocycles. The molecule has 1 aromatic carbocycles. The van der Waals surface area contributed by atoms with Crippen molar-refractivity contribution in [2.24, 2.45) is 5.92 Å². The number of methoxy groups -OCH3 is 1. The average molecular weight is 433 g/mol. The Bertz CT molecular complexity index is 519. The van der Waals surface area contributed by atoms with E-state index in [4.69, 9.17) is 14.2 Å². The maximum absolute atomic E-state index is 12.1. The second-order valence-electron chi connectivity index (χ2n) is 6.05. The zero-order valence-electron chi connectivity index (χ0n) is 13.8. The lowest BCUT2D eigenvalue weighted by molar-refractivity contribution is -0.126. The van der Waals surface area contributed by atoms with Crippen molar-refractivity contribution >= 4 is 28.7 Å². The molecule has 1 fully saturated rings. The molecule has 1 aliphatic carbocycles. The van der Waals surface area contributed by atoms with E-state index in [0.29, 0.717) is 0 Å². The maximum Gasteiger partial charge on any atom is 0.407 e. The molecular weight excluding hydrogens is 409 g/mol. The summed E-state index contributed by atoms with van der Waals surface area (Å²) in [5.41, 5.74) is 1.00. The number of hydrogen-bond donors (Lipinski definition) is 1. The Hall–Kier alpha value is -0.860. The van der Waals surface area contributed by atoms with Crippen LogP contribution in [-0.2, 0) is 14.2 Å². The van der Waals surface area contributed by atoms with Crippen LogP contribution in [0.2, 0.25) is 0 Å². The molecule has 1 amide bonds. The standard InChI is InChI=1S/C17H24INO4/c1-11(2)15(23-17(20)19-12-8-9-12)16(22-10-21-3)13-6-4-5-7-14(13)18/h4-7,11-12,15-16H,8-10H2,1-3H3,(H,19,20)/t15-,16-/m0/s1. The number of carbonyl (C=O) groups is 1. The van der Waals surface area contributed by atoms with Gasteiger partial charge in [0.15, 0.2) is 0 Å². The fourth-order valence-corrected chi connectivity index (χ4v) is 3.00. The lowest BCUT2D eigenvalue weighted by Gasteiger charge is -2.30. The first-order chi connectivity index (χ1) is 11.0. The van der Waals surface area contributed by atoms with Gasteiger partial charge in [0.05, 0.1) is 0 Å². The predicted octanol–water partition coefficient (Wildman–Crippen LogP) is 3.87. The lowest BCUT2D eigenvalue weighted by Crippen LogP contribution is -2.37. The van der Waals surface area contributed by atoms with Crippen molar-refractivity contribution < 1.29 is 19.0 Å². The van der Waals surface area contributed by atoms with E-state index >= 15 is 0 Å². The van der Waals surface area contributed by atoms with Gasteiger partial charge in [-0.1, -0.05) is 32.0 Å². The minimum absolute atomic E-state index is 0.109. The Labute approximate surface area is 151 Å². The van der Waals surface area contributed by atoms with Crippen LogP contribution in [0.5, 0.6) is 0 Å². The summed E-state index contributed by atoms with van der Waals surface area (Å²) in [5.74, 6) is 0.109. The first kappa shape index (κ1) is 18.5. The topological polar surface area (TPSA) is 56.8 Å². The smallest absolute Gasteiger partial charge is 0.407 e. The van der Waals surface area contributed by atoms with E-state index in [1.807, 2.05) is 38.1 Å². The second-order valence-corrected chi connectivity index (χ2v) is 7.21. The second kappa shape index (κ2) is 8.84. The van der Waals surface area contributed by atoms with Crippen LogP contribution in [0.1, 0.15) is 38.4 Å². The summed E-state index contributed by atoms with van der Waals surface area (Å²) in [4.78, 5) is 12.1. The van der Waals surface area contributed by atoms with Crippen LogP contribution in [0.15, 0.2) is 24.3 Å². The van der Waals surface area contributed by atoms with Crippen LogP contribution >= 0.6 is 22.6 Å². The molecule has 2 rings (SSSR count). The first-order valence-electron chi connectivity index (χ1n) is 7.85. The molecule has 0 spiro atoms. The number of halogens is 1. The zero-order chi connectivity index (χ0) is 16.8. The molecular formula is C17H24INO4. The Kier molecular flexibility index (Phi) is 7.10. The largest absolute Gasteiger partial charge is 0.443 e. The van der Waals surface area contributed by atoms with Crippen molar-refractivity contribution in [2.45, 2.75) is 44.9 Å². The number of carbonyl (C=O) groups excluding carboxylic acids is 1. The predicted molar refractivity (Wildman–Crippen MR) is 96.1 cm³/mol. The molecule has 23 heavy (non-hydrogen) atoms. The van der Waals surface area contributed by atoms with Gasteiger partial charge in [-0.3, -0.25) is 0 Å². The molecule has 128 valence electrons. The first-order valence-corrected chi connectivity index (χ1v) is 8.93. The highest BCUT2D eigenvalue weighted by atomic mass is 127. The molecule has 6 heteroatoms. The van der Waals surface area contributed by atoms with Gasteiger partial charge >= 0.3 is 6.09 Å². The van der Waals surface area contributed by atoms with E-state index in [-0.39, 0.29) is 37.1 Å². The Morgan fingerprint density at radius 1 is 1.35 bits per heavy atom. The van der Waals surface area contributed by atoms with Gasteiger partial charge in [-0.05, 0) is 53.0 Å². The number of hydrogen-bond acceptors (Lipinski definition) is 4. The van der Waals surface area contributed by atoms with E-state index in [9.17, 15) is 4.79 Å². The number of amides is 1. The monoisotopic (exact) mass is 433 g/mol. The summed E-state index contributed by atoms with van der Waals surface area (Å²) >= 11 is 2.27. The van der Waals surface area contributed by atoms with Crippen molar-refractivity contribution in [3.05, 3.63) is 33.4 Å². The summed E-state index contributed by atoms with van der Waals surface area (Å²) in [7, 11) is 1.58. The minimum atomic E-state index is -0.389. The normalized spacial score (nSPS) is 16.9. The van der Waals surface area contributed by atoms with E-state index < -0.39 is 0 Å². The van der Waals surface area contributed by atoms with Crippen LogP contribution in [-0.4, -0.2) is 32.1 Å². The quantitative estimate of drug-likeness (QED) is 0.500. The van der Waals surface area contributed by atoms with Crippen molar-refractivity contribution in [3.8, 4) is 0 Å². The van der Waals surface area contributed by atoms with Gasteiger partial charge < -0.3 is 19.5 Å². The van der Waals surface area contributed by atoms with Crippen LogP contribution in [0.25, 0.3) is 0 Å².